The van der Waals surface area contributed by atoms with Gasteiger partial charge < -0.3 is 9.84 Å². The molecule has 2 heterocycles. The quantitative estimate of drug-likeness (QED) is 0.908. The Morgan fingerprint density at radius 3 is 2.76 bits per heavy atom. The number of aliphatic carboxylic acids is 1. The molecular formula is C17H23NO3. The zero-order valence-corrected chi connectivity index (χ0v) is 12.9. The van der Waals surface area contributed by atoms with Crippen molar-refractivity contribution in [2.24, 2.45) is 0 Å². The molecule has 0 saturated carbocycles. The van der Waals surface area contributed by atoms with Crippen LogP contribution < -0.4 is 4.74 Å². The number of carboxylic acids is 1. The molecule has 0 aliphatic carbocycles. The molecule has 0 aromatic heterocycles. The number of para-hydroxylation sites is 1. The summed E-state index contributed by atoms with van der Waals surface area (Å²) in [5, 5.41) is 9.68. The Hall–Kier alpha value is -1.55. The minimum absolute atomic E-state index is 0.105. The van der Waals surface area contributed by atoms with Gasteiger partial charge in [-0.15, -0.1) is 0 Å². The summed E-state index contributed by atoms with van der Waals surface area (Å²) in [5.74, 6) is 0.167. The van der Waals surface area contributed by atoms with E-state index < -0.39 is 11.5 Å². The topological polar surface area (TPSA) is 49.8 Å². The molecule has 0 amide bonds. The lowest BCUT2D eigenvalue weighted by molar-refractivity contribution is -0.151. The molecule has 21 heavy (non-hydrogen) atoms. The number of nitrogens with zero attached hydrogens (tertiary/aromatic N) is 1. The predicted molar refractivity (Wildman–Crippen MR) is 80.5 cm³/mol. The van der Waals surface area contributed by atoms with Crippen LogP contribution in [-0.4, -0.2) is 33.7 Å². The second-order valence-electron chi connectivity index (χ2n) is 7.00. The number of carbonyl (C=O) groups is 1. The van der Waals surface area contributed by atoms with Crippen molar-refractivity contribution < 1.29 is 14.6 Å². The van der Waals surface area contributed by atoms with Gasteiger partial charge in [-0.05, 0) is 46.2 Å². The largest absolute Gasteiger partial charge is 0.487 e. The molecule has 1 N–H and O–H groups in total. The Balaban J connectivity index is 2.04. The van der Waals surface area contributed by atoms with Crippen molar-refractivity contribution in [1.29, 1.82) is 0 Å². The van der Waals surface area contributed by atoms with Crippen molar-refractivity contribution in [1.82, 2.24) is 4.90 Å². The summed E-state index contributed by atoms with van der Waals surface area (Å²) in [6, 6.07) is 8.13. The van der Waals surface area contributed by atoms with E-state index in [0.29, 0.717) is 6.42 Å². The maximum Gasteiger partial charge on any atom is 0.323 e. The first-order valence-electron chi connectivity index (χ1n) is 7.62. The van der Waals surface area contributed by atoms with Gasteiger partial charge in [-0.2, -0.15) is 0 Å². The van der Waals surface area contributed by atoms with Gasteiger partial charge in [-0.3, -0.25) is 9.69 Å². The van der Waals surface area contributed by atoms with Crippen LogP contribution in [0.15, 0.2) is 24.3 Å². The lowest BCUT2D eigenvalue weighted by Gasteiger charge is -2.45. The van der Waals surface area contributed by atoms with E-state index in [-0.39, 0.29) is 11.6 Å². The van der Waals surface area contributed by atoms with Gasteiger partial charge in [0.2, 0.25) is 0 Å². The van der Waals surface area contributed by atoms with Crippen molar-refractivity contribution in [2.75, 3.05) is 6.54 Å². The standard InChI is InChI=1S/C17H23NO3/c1-16(2)11-13(12-7-4-5-8-14(12)21-16)18-10-6-9-17(18,3)15(19)20/h4-5,7-8,13H,6,9-11H2,1-3H3,(H,19,20). The van der Waals surface area contributed by atoms with Gasteiger partial charge in [0.05, 0.1) is 0 Å². The number of hydrogen-bond donors (Lipinski definition) is 1. The summed E-state index contributed by atoms with van der Waals surface area (Å²) >= 11 is 0. The molecule has 2 unspecified atom stereocenters. The van der Waals surface area contributed by atoms with Crippen molar-refractivity contribution in [3.8, 4) is 5.75 Å². The summed E-state index contributed by atoms with van der Waals surface area (Å²) in [5.41, 5.74) is 0.0675. The summed E-state index contributed by atoms with van der Waals surface area (Å²) in [6.07, 6.45) is 2.46. The maximum atomic E-state index is 11.8. The monoisotopic (exact) mass is 289 g/mol. The van der Waals surface area contributed by atoms with Crippen molar-refractivity contribution in [3.05, 3.63) is 29.8 Å². The number of ether oxygens (including phenoxy) is 1. The van der Waals surface area contributed by atoms with Crippen LogP contribution in [0.25, 0.3) is 0 Å². The fourth-order valence-electron chi connectivity index (χ4n) is 3.76. The maximum absolute atomic E-state index is 11.8. The van der Waals surface area contributed by atoms with Crippen molar-refractivity contribution in [2.45, 2.75) is 57.2 Å². The average molecular weight is 289 g/mol. The zero-order chi connectivity index (χ0) is 15.3. The van der Waals surface area contributed by atoms with E-state index in [1.54, 1.807) is 0 Å². The van der Waals surface area contributed by atoms with Crippen LogP contribution in [0.1, 0.15) is 51.6 Å². The third-order valence-electron chi connectivity index (χ3n) is 4.88. The Bertz CT molecular complexity index is 569. The highest BCUT2D eigenvalue weighted by molar-refractivity contribution is 5.78. The summed E-state index contributed by atoms with van der Waals surface area (Å²) in [4.78, 5) is 13.9. The van der Waals surface area contributed by atoms with E-state index in [4.69, 9.17) is 4.74 Å². The molecule has 1 aromatic rings. The first-order chi connectivity index (χ1) is 9.83. The van der Waals surface area contributed by atoms with Crippen LogP contribution in [0.4, 0.5) is 0 Å². The Morgan fingerprint density at radius 1 is 1.33 bits per heavy atom. The van der Waals surface area contributed by atoms with E-state index in [1.807, 2.05) is 25.1 Å². The molecule has 1 saturated heterocycles. The number of likely N-dealkylation sites (tertiary alicyclic amines) is 1. The molecule has 3 rings (SSSR count). The first-order valence-corrected chi connectivity index (χ1v) is 7.62. The van der Waals surface area contributed by atoms with Crippen LogP contribution in [0.2, 0.25) is 0 Å². The first kappa shape index (κ1) is 14.4. The molecule has 4 nitrogen and oxygen atoms in total. The van der Waals surface area contributed by atoms with Gasteiger partial charge in [0.15, 0.2) is 0 Å². The molecule has 0 radical (unpaired) electrons. The number of carboxylic acid groups (broad SMARTS) is 1. The minimum Gasteiger partial charge on any atom is -0.487 e. The van der Waals surface area contributed by atoms with Gasteiger partial charge in [0.25, 0.3) is 0 Å². The predicted octanol–water partition coefficient (Wildman–Crippen LogP) is 3.23. The van der Waals surface area contributed by atoms with E-state index >= 15 is 0 Å². The summed E-state index contributed by atoms with van der Waals surface area (Å²) < 4.78 is 6.06. The normalized spacial score (nSPS) is 31.5. The number of hydrogen-bond acceptors (Lipinski definition) is 3. The molecule has 0 spiro atoms. The molecule has 114 valence electrons. The van der Waals surface area contributed by atoms with Crippen LogP contribution in [0.5, 0.6) is 5.75 Å². The third kappa shape index (κ3) is 2.31. The number of benzene rings is 1. The molecular weight excluding hydrogens is 266 g/mol. The molecule has 1 aromatic carbocycles. The Labute approximate surface area is 125 Å². The highest BCUT2D eigenvalue weighted by Crippen LogP contribution is 2.47. The molecule has 4 heteroatoms. The van der Waals surface area contributed by atoms with Gasteiger partial charge >= 0.3 is 5.97 Å². The molecule has 2 aliphatic rings. The second kappa shape index (κ2) is 4.73. The van der Waals surface area contributed by atoms with Crippen LogP contribution in [0.3, 0.4) is 0 Å². The minimum atomic E-state index is -0.773. The van der Waals surface area contributed by atoms with Gasteiger partial charge in [-0.25, -0.2) is 0 Å². The van der Waals surface area contributed by atoms with Crippen LogP contribution in [-0.2, 0) is 4.79 Å². The van der Waals surface area contributed by atoms with E-state index in [2.05, 4.69) is 24.8 Å². The zero-order valence-electron chi connectivity index (χ0n) is 12.9. The Morgan fingerprint density at radius 2 is 2.05 bits per heavy atom. The van der Waals surface area contributed by atoms with E-state index in [9.17, 15) is 9.90 Å². The third-order valence-corrected chi connectivity index (χ3v) is 4.88. The van der Waals surface area contributed by atoms with Gasteiger partial charge in [0, 0.05) is 18.0 Å². The summed E-state index contributed by atoms with van der Waals surface area (Å²) in [7, 11) is 0. The lowest BCUT2D eigenvalue weighted by Crippen LogP contribution is -2.52. The van der Waals surface area contributed by atoms with E-state index in [1.165, 1.54) is 0 Å². The highest BCUT2D eigenvalue weighted by Gasteiger charge is 2.49. The number of fused-ring (bicyclic) bond motifs is 1. The van der Waals surface area contributed by atoms with E-state index in [0.717, 1.165) is 30.7 Å². The lowest BCUT2D eigenvalue weighted by atomic mass is 9.86. The smallest absolute Gasteiger partial charge is 0.323 e. The molecule has 2 atom stereocenters. The SMILES string of the molecule is CC1(C)CC(N2CCCC2(C)C(=O)O)c2ccccc2O1. The summed E-state index contributed by atoms with van der Waals surface area (Å²) in [6.45, 7) is 6.83. The average Bonchev–Trinajstić information content (AvgIpc) is 2.80. The molecule has 1 fully saturated rings. The second-order valence-corrected chi connectivity index (χ2v) is 7.00. The Kier molecular flexibility index (Phi) is 3.24. The fourth-order valence-corrected chi connectivity index (χ4v) is 3.76. The number of rotatable bonds is 2. The van der Waals surface area contributed by atoms with Gasteiger partial charge in [0.1, 0.15) is 16.9 Å². The highest BCUT2D eigenvalue weighted by atomic mass is 16.5. The molecule has 0 bridgehead atoms. The van der Waals surface area contributed by atoms with Crippen molar-refractivity contribution in [3.63, 3.8) is 0 Å². The van der Waals surface area contributed by atoms with Crippen molar-refractivity contribution >= 4 is 5.97 Å². The fraction of sp³-hybridized carbons (Fsp3) is 0.588. The van der Waals surface area contributed by atoms with Gasteiger partial charge in [-0.1, -0.05) is 18.2 Å². The molecule has 2 aliphatic heterocycles. The van der Waals surface area contributed by atoms with Crippen LogP contribution >= 0.6 is 0 Å². The van der Waals surface area contributed by atoms with Crippen LogP contribution in [0, 0.1) is 0 Å².